The van der Waals surface area contributed by atoms with Crippen LogP contribution in [0.25, 0.3) is 19.7 Å². The van der Waals surface area contributed by atoms with Crippen LogP contribution < -0.4 is 4.90 Å². The van der Waals surface area contributed by atoms with Crippen molar-refractivity contribution in [1.82, 2.24) is 15.0 Å². The molecule has 3 aromatic heterocycles. The summed E-state index contributed by atoms with van der Waals surface area (Å²) >= 11 is 5.06. The van der Waals surface area contributed by atoms with Gasteiger partial charge in [-0.15, -0.1) is 22.7 Å². The van der Waals surface area contributed by atoms with Crippen molar-refractivity contribution in [3.8, 4) is 0 Å². The van der Waals surface area contributed by atoms with E-state index < -0.39 is 0 Å². The fraction of sp³-hybridized carbons (Fsp3) is 0.300. The highest BCUT2D eigenvalue weighted by Crippen LogP contribution is 2.41. The lowest BCUT2D eigenvalue weighted by Gasteiger charge is -2.10. The fourth-order valence-electron chi connectivity index (χ4n) is 1.63. The van der Waals surface area contributed by atoms with E-state index in [9.17, 15) is 0 Å². The number of hydrogen-bond donors (Lipinski definition) is 0. The van der Waals surface area contributed by atoms with E-state index in [0.29, 0.717) is 0 Å². The van der Waals surface area contributed by atoms with Crippen molar-refractivity contribution in [1.29, 1.82) is 0 Å². The summed E-state index contributed by atoms with van der Waals surface area (Å²) in [6.07, 6.45) is 3.67. The molecule has 0 amide bonds. The topological polar surface area (TPSA) is 41.9 Å². The highest BCUT2D eigenvalue weighted by Gasteiger charge is 2.16. The molecule has 7 heteroatoms. The lowest BCUT2D eigenvalue weighted by Crippen LogP contribution is -2.10. The van der Waals surface area contributed by atoms with Gasteiger partial charge in [0, 0.05) is 14.1 Å². The van der Waals surface area contributed by atoms with Crippen molar-refractivity contribution < 1.29 is 0 Å². The largest absolute Gasteiger partial charge is 0.361 e. The summed E-state index contributed by atoms with van der Waals surface area (Å²) in [5.41, 5.74) is 1.03. The number of nitrogens with zero attached hydrogens (tertiary/aromatic N) is 4. The number of anilines is 1. The Labute approximate surface area is 111 Å². The molecule has 0 N–H and O–H groups in total. The van der Waals surface area contributed by atoms with Crippen molar-refractivity contribution in [3.63, 3.8) is 0 Å². The molecule has 0 aliphatic rings. The Morgan fingerprint density at radius 3 is 2.71 bits per heavy atom. The maximum Gasteiger partial charge on any atom is 0.151 e. The Morgan fingerprint density at radius 1 is 1.18 bits per heavy atom. The minimum Gasteiger partial charge on any atom is -0.361 e. The van der Waals surface area contributed by atoms with Crippen LogP contribution in [0.2, 0.25) is 0 Å². The van der Waals surface area contributed by atoms with Gasteiger partial charge >= 0.3 is 0 Å². The Balaban J connectivity index is 2.36. The number of thiophene rings is 1. The zero-order valence-electron chi connectivity index (χ0n) is 9.59. The molecule has 0 aromatic carbocycles. The molecule has 3 aromatic rings. The monoisotopic (exact) mass is 282 g/mol. The molecule has 3 rings (SSSR count). The first-order valence-corrected chi connectivity index (χ1v) is 7.82. The van der Waals surface area contributed by atoms with Crippen molar-refractivity contribution >= 4 is 60.0 Å². The predicted molar refractivity (Wildman–Crippen MR) is 76.7 cm³/mol. The van der Waals surface area contributed by atoms with Crippen molar-refractivity contribution in [2.75, 3.05) is 25.3 Å². The molecule has 0 saturated carbocycles. The first kappa shape index (κ1) is 11.2. The fourth-order valence-corrected chi connectivity index (χ4v) is 4.62. The Bertz CT molecular complexity index is 685. The van der Waals surface area contributed by atoms with E-state index in [4.69, 9.17) is 0 Å². The molecule has 3 heterocycles. The van der Waals surface area contributed by atoms with Gasteiger partial charge in [-0.1, -0.05) is 11.8 Å². The minimum absolute atomic E-state index is 0.968. The van der Waals surface area contributed by atoms with Gasteiger partial charge in [0.2, 0.25) is 0 Å². The van der Waals surface area contributed by atoms with E-state index in [-0.39, 0.29) is 0 Å². The zero-order valence-corrected chi connectivity index (χ0v) is 12.0. The second kappa shape index (κ2) is 4.08. The van der Waals surface area contributed by atoms with Crippen LogP contribution in [0.3, 0.4) is 0 Å². The second-order valence-corrected chi connectivity index (χ2v) is 6.74. The van der Waals surface area contributed by atoms with Crippen molar-refractivity contribution in [2.24, 2.45) is 0 Å². The quantitative estimate of drug-likeness (QED) is 0.676. The molecule has 17 heavy (non-hydrogen) atoms. The standard InChI is InChI=1S/C10H10N4S3/c1-14(2)8-6-5(11-4-12-8)7-9(16-6)13-10(15-3)17-7/h4H,1-3H3. The van der Waals surface area contributed by atoms with Gasteiger partial charge in [-0.3, -0.25) is 0 Å². The summed E-state index contributed by atoms with van der Waals surface area (Å²) in [6.45, 7) is 0. The van der Waals surface area contributed by atoms with E-state index in [0.717, 1.165) is 25.2 Å². The summed E-state index contributed by atoms with van der Waals surface area (Å²) in [5.74, 6) is 0.968. The third kappa shape index (κ3) is 1.69. The third-order valence-corrected chi connectivity index (χ3v) is 5.62. The molecule has 0 fully saturated rings. The van der Waals surface area contributed by atoms with Crippen LogP contribution in [-0.4, -0.2) is 35.3 Å². The molecule has 0 spiro atoms. The van der Waals surface area contributed by atoms with Crippen LogP contribution in [0.5, 0.6) is 0 Å². The van der Waals surface area contributed by atoms with Gasteiger partial charge in [0.1, 0.15) is 22.5 Å². The van der Waals surface area contributed by atoms with Crippen LogP contribution in [-0.2, 0) is 0 Å². The van der Waals surface area contributed by atoms with Gasteiger partial charge in [-0.2, -0.15) is 0 Å². The molecule has 0 bridgehead atoms. The summed E-state index contributed by atoms with van der Waals surface area (Å²) in [4.78, 5) is 16.4. The zero-order chi connectivity index (χ0) is 12.0. The van der Waals surface area contributed by atoms with Gasteiger partial charge in [0.15, 0.2) is 4.34 Å². The molecule has 0 saturated heterocycles. The lowest BCUT2D eigenvalue weighted by atomic mass is 10.4. The summed E-state index contributed by atoms with van der Waals surface area (Å²) < 4.78 is 3.40. The van der Waals surface area contributed by atoms with E-state index >= 15 is 0 Å². The first-order valence-electron chi connectivity index (χ1n) is 4.96. The number of thiazole rings is 1. The van der Waals surface area contributed by atoms with E-state index in [1.807, 2.05) is 25.3 Å². The van der Waals surface area contributed by atoms with E-state index in [1.54, 1.807) is 40.8 Å². The van der Waals surface area contributed by atoms with Gasteiger partial charge in [0.25, 0.3) is 0 Å². The number of fused-ring (bicyclic) bond motifs is 3. The summed E-state index contributed by atoms with van der Waals surface area (Å²) in [7, 11) is 3.99. The van der Waals surface area contributed by atoms with Crippen LogP contribution in [0.15, 0.2) is 10.7 Å². The van der Waals surface area contributed by atoms with Crippen LogP contribution in [0.4, 0.5) is 5.82 Å². The SMILES string of the molecule is CSc1nc2sc3c(N(C)C)ncnc3c2s1. The van der Waals surface area contributed by atoms with Gasteiger partial charge < -0.3 is 4.90 Å². The number of rotatable bonds is 2. The maximum atomic E-state index is 4.58. The first-order chi connectivity index (χ1) is 8.20. The smallest absolute Gasteiger partial charge is 0.151 e. The van der Waals surface area contributed by atoms with Crippen LogP contribution in [0, 0.1) is 0 Å². The van der Waals surface area contributed by atoms with Gasteiger partial charge in [-0.25, -0.2) is 15.0 Å². The van der Waals surface area contributed by atoms with Gasteiger partial charge in [-0.05, 0) is 6.26 Å². The summed E-state index contributed by atoms with van der Waals surface area (Å²) in [6, 6.07) is 0. The second-order valence-electron chi connectivity index (χ2n) is 3.69. The Kier molecular flexibility index (Phi) is 2.68. The van der Waals surface area contributed by atoms with Crippen LogP contribution in [0.1, 0.15) is 0 Å². The predicted octanol–water partition coefficient (Wildman–Crippen LogP) is 3.09. The normalized spacial score (nSPS) is 11.5. The molecule has 0 aliphatic heterocycles. The number of thioether (sulfide) groups is 1. The molecule has 0 radical (unpaired) electrons. The number of hydrogen-bond acceptors (Lipinski definition) is 7. The van der Waals surface area contributed by atoms with E-state index in [1.165, 1.54) is 4.70 Å². The molecule has 4 nitrogen and oxygen atoms in total. The Hall–Kier alpha value is -0.920. The molecular weight excluding hydrogens is 272 g/mol. The molecule has 0 aliphatic carbocycles. The average Bonchev–Trinajstić information content (AvgIpc) is 2.84. The molecule has 0 atom stereocenters. The minimum atomic E-state index is 0.968. The highest BCUT2D eigenvalue weighted by molar-refractivity contribution is 8.00. The molecule has 88 valence electrons. The molecular formula is C10H10N4S3. The lowest BCUT2D eigenvalue weighted by molar-refractivity contribution is 1.07. The maximum absolute atomic E-state index is 4.58. The third-order valence-electron chi connectivity index (χ3n) is 2.37. The van der Waals surface area contributed by atoms with E-state index in [2.05, 4.69) is 15.0 Å². The average molecular weight is 282 g/mol. The van der Waals surface area contributed by atoms with Crippen LogP contribution >= 0.6 is 34.4 Å². The number of aromatic nitrogens is 3. The Morgan fingerprint density at radius 2 is 2.00 bits per heavy atom. The highest BCUT2D eigenvalue weighted by atomic mass is 32.2. The van der Waals surface area contributed by atoms with Gasteiger partial charge in [0.05, 0.1) is 9.40 Å². The van der Waals surface area contributed by atoms with Crippen molar-refractivity contribution in [2.45, 2.75) is 4.34 Å². The van der Waals surface area contributed by atoms with Crippen molar-refractivity contribution in [3.05, 3.63) is 6.33 Å². The molecule has 0 unspecified atom stereocenters. The summed E-state index contributed by atoms with van der Waals surface area (Å²) in [5, 5.41) is 0.